The van der Waals surface area contributed by atoms with Crippen molar-refractivity contribution in [3.05, 3.63) is 0 Å². The molecule has 0 radical (unpaired) electrons. The van der Waals surface area contributed by atoms with Crippen LogP contribution in [0.5, 0.6) is 0 Å². The van der Waals surface area contributed by atoms with Crippen molar-refractivity contribution in [3.8, 4) is 0 Å². The highest BCUT2D eigenvalue weighted by atomic mass is 16.4. The van der Waals surface area contributed by atoms with Gasteiger partial charge < -0.3 is 15.3 Å². The van der Waals surface area contributed by atoms with E-state index in [1.165, 1.54) is 32.4 Å². The second-order valence-corrected chi connectivity index (χ2v) is 6.21. The van der Waals surface area contributed by atoms with E-state index in [4.69, 9.17) is 5.11 Å². The summed E-state index contributed by atoms with van der Waals surface area (Å²) in [4.78, 5) is 13.4. The van der Waals surface area contributed by atoms with E-state index in [1.807, 2.05) is 0 Å². The van der Waals surface area contributed by atoms with E-state index >= 15 is 0 Å². The topological polar surface area (TPSA) is 52.6 Å². The minimum absolute atomic E-state index is 0.300. The van der Waals surface area contributed by atoms with Gasteiger partial charge in [0.25, 0.3) is 0 Å². The van der Waals surface area contributed by atoms with Crippen molar-refractivity contribution >= 4 is 5.97 Å². The number of likely N-dealkylation sites (tertiary alicyclic amines) is 1. The number of carboxylic acid groups (broad SMARTS) is 1. The first kappa shape index (κ1) is 13.8. The van der Waals surface area contributed by atoms with Crippen molar-refractivity contribution in [1.82, 2.24) is 10.2 Å². The Morgan fingerprint density at radius 2 is 2.00 bits per heavy atom. The smallest absolute Gasteiger partial charge is 0.320 e. The van der Waals surface area contributed by atoms with Crippen LogP contribution < -0.4 is 5.32 Å². The lowest BCUT2D eigenvalue weighted by atomic mass is 9.86. The van der Waals surface area contributed by atoms with Crippen LogP contribution in [-0.2, 0) is 4.79 Å². The van der Waals surface area contributed by atoms with Crippen molar-refractivity contribution < 1.29 is 9.90 Å². The number of hydrogen-bond donors (Lipinski definition) is 2. The first-order chi connectivity index (χ1) is 8.56. The van der Waals surface area contributed by atoms with Crippen molar-refractivity contribution in [1.29, 1.82) is 0 Å². The molecule has 2 unspecified atom stereocenters. The molecule has 0 aliphatic carbocycles. The van der Waals surface area contributed by atoms with Crippen molar-refractivity contribution in [2.45, 2.75) is 51.6 Å². The minimum atomic E-state index is -0.688. The maximum absolute atomic E-state index is 10.9. The molecule has 0 spiro atoms. The van der Waals surface area contributed by atoms with E-state index in [-0.39, 0.29) is 6.04 Å². The zero-order chi connectivity index (χ0) is 13.1. The Balaban J connectivity index is 1.71. The third kappa shape index (κ3) is 3.45. The lowest BCUT2D eigenvalue weighted by molar-refractivity contribution is -0.139. The quantitative estimate of drug-likeness (QED) is 0.799. The molecule has 2 aliphatic rings. The summed E-state index contributed by atoms with van der Waals surface area (Å²) in [5.41, 5.74) is 0. The van der Waals surface area contributed by atoms with E-state index < -0.39 is 5.97 Å². The molecule has 18 heavy (non-hydrogen) atoms. The van der Waals surface area contributed by atoms with Crippen LogP contribution in [0.25, 0.3) is 0 Å². The van der Waals surface area contributed by atoms with E-state index in [2.05, 4.69) is 24.1 Å². The van der Waals surface area contributed by atoms with Crippen LogP contribution in [0.4, 0.5) is 0 Å². The molecule has 4 nitrogen and oxygen atoms in total. The maximum atomic E-state index is 10.9. The fraction of sp³-hybridized carbons (Fsp3) is 0.929. The van der Waals surface area contributed by atoms with Gasteiger partial charge in [0.05, 0.1) is 0 Å². The van der Waals surface area contributed by atoms with Crippen LogP contribution in [0.1, 0.15) is 39.5 Å². The number of piperidine rings is 1. The summed E-state index contributed by atoms with van der Waals surface area (Å²) in [5.74, 6) is 0.688. The van der Waals surface area contributed by atoms with Gasteiger partial charge in [0.15, 0.2) is 0 Å². The molecule has 4 heteroatoms. The summed E-state index contributed by atoms with van der Waals surface area (Å²) in [6.07, 6.45) is 4.60. The Kier molecular flexibility index (Phi) is 4.62. The monoisotopic (exact) mass is 254 g/mol. The summed E-state index contributed by atoms with van der Waals surface area (Å²) in [6.45, 7) is 7.84. The summed E-state index contributed by atoms with van der Waals surface area (Å²) < 4.78 is 0. The Morgan fingerprint density at radius 3 is 2.50 bits per heavy atom. The highest BCUT2D eigenvalue weighted by Crippen LogP contribution is 2.29. The second-order valence-electron chi connectivity index (χ2n) is 6.21. The number of carbonyl (C=O) groups is 1. The van der Waals surface area contributed by atoms with Crippen LogP contribution in [0.2, 0.25) is 0 Å². The Morgan fingerprint density at radius 1 is 1.33 bits per heavy atom. The average molecular weight is 254 g/mol. The summed E-state index contributed by atoms with van der Waals surface area (Å²) in [6, 6.07) is 0.362. The molecule has 2 atom stereocenters. The van der Waals surface area contributed by atoms with Crippen LogP contribution in [0.3, 0.4) is 0 Å². The summed E-state index contributed by atoms with van der Waals surface area (Å²) >= 11 is 0. The number of rotatable bonds is 4. The predicted octanol–water partition coefficient (Wildman–Crippen LogP) is 1.56. The van der Waals surface area contributed by atoms with Gasteiger partial charge in [-0.15, -0.1) is 0 Å². The molecule has 0 saturated carbocycles. The molecule has 104 valence electrons. The van der Waals surface area contributed by atoms with Crippen molar-refractivity contribution in [2.24, 2.45) is 11.8 Å². The highest BCUT2D eigenvalue weighted by molar-refractivity contribution is 5.73. The zero-order valence-corrected chi connectivity index (χ0v) is 11.6. The molecule has 0 aromatic carbocycles. The Hall–Kier alpha value is -0.610. The van der Waals surface area contributed by atoms with Gasteiger partial charge in [-0.2, -0.15) is 0 Å². The van der Waals surface area contributed by atoms with Gasteiger partial charge in [0.1, 0.15) is 6.04 Å². The van der Waals surface area contributed by atoms with E-state index in [0.717, 1.165) is 18.9 Å². The van der Waals surface area contributed by atoms with Gasteiger partial charge >= 0.3 is 5.97 Å². The highest BCUT2D eigenvalue weighted by Gasteiger charge is 2.31. The van der Waals surface area contributed by atoms with E-state index in [0.29, 0.717) is 12.0 Å². The minimum Gasteiger partial charge on any atom is -0.480 e. The molecular formula is C14H26N2O2. The van der Waals surface area contributed by atoms with Gasteiger partial charge in [0, 0.05) is 6.04 Å². The van der Waals surface area contributed by atoms with Gasteiger partial charge in [-0.05, 0) is 71.0 Å². The van der Waals surface area contributed by atoms with Crippen molar-refractivity contribution in [2.75, 3.05) is 19.6 Å². The van der Waals surface area contributed by atoms with E-state index in [1.54, 1.807) is 0 Å². The Bertz CT molecular complexity index is 286. The Labute approximate surface area is 110 Å². The number of aliphatic carboxylic acids is 1. The molecule has 2 saturated heterocycles. The molecule has 0 amide bonds. The molecule has 0 bridgehead atoms. The summed E-state index contributed by atoms with van der Waals surface area (Å²) in [7, 11) is 0. The van der Waals surface area contributed by atoms with Gasteiger partial charge in [-0.1, -0.05) is 0 Å². The number of nitrogens with zero attached hydrogens (tertiary/aromatic N) is 1. The lowest BCUT2D eigenvalue weighted by Crippen LogP contribution is -2.38. The van der Waals surface area contributed by atoms with Crippen LogP contribution in [-0.4, -0.2) is 47.7 Å². The largest absolute Gasteiger partial charge is 0.480 e. The standard InChI is InChI=1S/C14H26N2O2/c1-10(2)16-5-3-11(4-6-16)7-12-8-13(14(17)18)15-9-12/h10-13,15H,3-9H2,1-2H3,(H,17,18). The normalized spacial score (nSPS) is 31.1. The van der Waals surface area contributed by atoms with Gasteiger partial charge in [0.2, 0.25) is 0 Å². The SMILES string of the molecule is CC(C)N1CCC(CC2CNC(C(=O)O)C2)CC1. The summed E-state index contributed by atoms with van der Waals surface area (Å²) in [5, 5.41) is 12.1. The van der Waals surface area contributed by atoms with Crippen LogP contribution in [0, 0.1) is 11.8 Å². The van der Waals surface area contributed by atoms with Crippen LogP contribution >= 0.6 is 0 Å². The zero-order valence-electron chi connectivity index (χ0n) is 11.6. The third-order valence-corrected chi connectivity index (χ3v) is 4.57. The van der Waals surface area contributed by atoms with Gasteiger partial charge in [-0.25, -0.2) is 0 Å². The number of hydrogen-bond acceptors (Lipinski definition) is 3. The second kappa shape index (κ2) is 6.02. The number of carboxylic acids is 1. The third-order valence-electron chi connectivity index (χ3n) is 4.57. The predicted molar refractivity (Wildman–Crippen MR) is 71.6 cm³/mol. The molecule has 2 fully saturated rings. The molecule has 0 aromatic heterocycles. The fourth-order valence-electron chi connectivity index (χ4n) is 3.35. The fourth-order valence-corrected chi connectivity index (χ4v) is 3.35. The number of nitrogens with one attached hydrogen (secondary N) is 1. The molecule has 2 rings (SSSR count). The lowest BCUT2D eigenvalue weighted by Gasteiger charge is -2.35. The molecule has 2 heterocycles. The van der Waals surface area contributed by atoms with E-state index in [9.17, 15) is 4.79 Å². The first-order valence-electron chi connectivity index (χ1n) is 7.26. The van der Waals surface area contributed by atoms with Gasteiger partial charge in [-0.3, -0.25) is 4.79 Å². The average Bonchev–Trinajstić information content (AvgIpc) is 2.78. The van der Waals surface area contributed by atoms with Crippen molar-refractivity contribution in [3.63, 3.8) is 0 Å². The first-order valence-corrected chi connectivity index (χ1v) is 7.26. The molecule has 2 N–H and O–H groups in total. The van der Waals surface area contributed by atoms with Crippen LogP contribution in [0.15, 0.2) is 0 Å². The maximum Gasteiger partial charge on any atom is 0.320 e. The molecule has 2 aliphatic heterocycles. The molecular weight excluding hydrogens is 228 g/mol. The molecule has 0 aromatic rings.